The van der Waals surface area contributed by atoms with Gasteiger partial charge >= 0.3 is 0 Å². The number of carbonyl (C=O) groups excluding carboxylic acids is 2. The molecule has 3 fully saturated rings. The van der Waals surface area contributed by atoms with E-state index in [2.05, 4.69) is 20.2 Å². The Morgan fingerprint density at radius 3 is 2.15 bits per heavy atom. The SMILES string of the molecule is Cc1ncnc(C)c1C(=O)N1C[C@H]2CN(CC[C@H](NC(=O)CC3CC(F)(F)C3)c3cc(F)cc(F)c3)C[C@H]2C1. The summed E-state index contributed by atoms with van der Waals surface area (Å²) in [6.45, 7) is 7.00. The molecule has 210 valence electrons. The first-order valence-electron chi connectivity index (χ1n) is 13.4. The van der Waals surface area contributed by atoms with Crippen LogP contribution in [0, 0.1) is 43.2 Å². The number of carbonyl (C=O) groups is 2. The highest BCUT2D eigenvalue weighted by Gasteiger charge is 2.46. The smallest absolute Gasteiger partial charge is 0.257 e. The zero-order valence-electron chi connectivity index (χ0n) is 22.1. The average Bonchev–Trinajstić information content (AvgIpc) is 3.39. The molecule has 2 saturated heterocycles. The molecule has 1 aromatic carbocycles. The Labute approximate surface area is 225 Å². The first-order chi connectivity index (χ1) is 18.5. The molecular formula is C28H33F4N5O2. The minimum absolute atomic E-state index is 0.0347. The van der Waals surface area contributed by atoms with E-state index in [1.165, 1.54) is 18.5 Å². The molecule has 0 radical (unpaired) electrons. The number of alkyl halides is 2. The van der Waals surface area contributed by atoms with Gasteiger partial charge in [-0.25, -0.2) is 27.5 Å². The van der Waals surface area contributed by atoms with Crippen LogP contribution in [0.1, 0.15) is 59.0 Å². The zero-order chi connectivity index (χ0) is 27.9. The van der Waals surface area contributed by atoms with Crippen LogP contribution in [0.4, 0.5) is 17.6 Å². The molecule has 1 aromatic heterocycles. The third kappa shape index (κ3) is 6.23. The molecule has 3 aliphatic rings. The lowest BCUT2D eigenvalue weighted by Gasteiger charge is -2.34. The van der Waals surface area contributed by atoms with Gasteiger partial charge in [0.15, 0.2) is 0 Å². The van der Waals surface area contributed by atoms with Crippen LogP contribution in [0.15, 0.2) is 24.5 Å². The molecule has 1 N–H and O–H groups in total. The Bertz CT molecular complexity index is 1200. The number of hydrogen-bond donors (Lipinski definition) is 1. The largest absolute Gasteiger partial charge is 0.349 e. The van der Waals surface area contributed by atoms with E-state index in [0.29, 0.717) is 60.4 Å². The van der Waals surface area contributed by atoms with Crippen molar-refractivity contribution in [1.29, 1.82) is 0 Å². The molecule has 2 aliphatic heterocycles. The molecule has 2 amide bonds. The molecular weight excluding hydrogens is 514 g/mol. The molecule has 11 heteroatoms. The number of nitrogens with zero attached hydrogens (tertiary/aromatic N) is 4. The lowest BCUT2D eigenvalue weighted by Crippen LogP contribution is -2.40. The third-order valence-electron chi connectivity index (χ3n) is 8.29. The van der Waals surface area contributed by atoms with Gasteiger partial charge in [0.2, 0.25) is 11.8 Å². The van der Waals surface area contributed by atoms with Gasteiger partial charge in [-0.2, -0.15) is 0 Å². The van der Waals surface area contributed by atoms with Gasteiger partial charge in [0, 0.05) is 58.1 Å². The first kappa shape index (κ1) is 27.5. The number of aromatic nitrogens is 2. The van der Waals surface area contributed by atoms with Crippen molar-refractivity contribution in [2.75, 3.05) is 32.7 Å². The summed E-state index contributed by atoms with van der Waals surface area (Å²) in [5.41, 5.74) is 2.20. The Balaban J connectivity index is 1.18. The molecule has 7 nitrogen and oxygen atoms in total. The number of halogens is 4. The quantitative estimate of drug-likeness (QED) is 0.505. The number of benzene rings is 1. The van der Waals surface area contributed by atoms with Crippen LogP contribution in [-0.2, 0) is 4.79 Å². The molecule has 0 unspecified atom stereocenters. The third-order valence-corrected chi connectivity index (χ3v) is 8.29. The molecule has 3 heterocycles. The predicted octanol–water partition coefficient (Wildman–Crippen LogP) is 4.06. The number of amides is 2. The summed E-state index contributed by atoms with van der Waals surface area (Å²) >= 11 is 0. The topological polar surface area (TPSA) is 78.4 Å². The van der Waals surface area contributed by atoms with Gasteiger partial charge in [-0.15, -0.1) is 0 Å². The van der Waals surface area contributed by atoms with E-state index in [4.69, 9.17) is 0 Å². The van der Waals surface area contributed by atoms with E-state index < -0.39 is 29.5 Å². The van der Waals surface area contributed by atoms with Crippen molar-refractivity contribution in [3.8, 4) is 0 Å². The molecule has 5 rings (SSSR count). The highest BCUT2D eigenvalue weighted by molar-refractivity contribution is 5.96. The van der Waals surface area contributed by atoms with Crippen molar-refractivity contribution in [2.24, 2.45) is 17.8 Å². The van der Waals surface area contributed by atoms with E-state index in [-0.39, 0.29) is 31.1 Å². The highest BCUT2D eigenvalue weighted by atomic mass is 19.3. The number of likely N-dealkylation sites (tertiary alicyclic amines) is 2. The van der Waals surface area contributed by atoms with Crippen LogP contribution in [0.2, 0.25) is 0 Å². The molecule has 1 saturated carbocycles. The predicted molar refractivity (Wildman–Crippen MR) is 135 cm³/mol. The van der Waals surface area contributed by atoms with Gasteiger partial charge in [-0.05, 0) is 55.7 Å². The first-order valence-corrected chi connectivity index (χ1v) is 13.4. The monoisotopic (exact) mass is 547 g/mol. The fourth-order valence-corrected chi connectivity index (χ4v) is 6.35. The van der Waals surface area contributed by atoms with Gasteiger partial charge in [-0.3, -0.25) is 9.59 Å². The number of fused-ring (bicyclic) bond motifs is 1. The van der Waals surface area contributed by atoms with Gasteiger partial charge < -0.3 is 15.1 Å². The highest BCUT2D eigenvalue weighted by Crippen LogP contribution is 2.44. The van der Waals surface area contributed by atoms with Crippen LogP contribution in [0.5, 0.6) is 0 Å². The number of nitrogens with one attached hydrogen (secondary N) is 1. The lowest BCUT2D eigenvalue weighted by molar-refractivity contribution is -0.134. The van der Waals surface area contributed by atoms with Gasteiger partial charge in [-0.1, -0.05) is 0 Å². The molecule has 0 spiro atoms. The number of aryl methyl sites for hydroxylation is 2. The standard InChI is InChI=1S/C28H33F4N5O2/c1-16-26(17(2)34-15-33-16)27(39)37-13-20-11-36(12-21(20)14-37)4-3-24(19-6-22(29)8-23(30)7-19)35-25(38)5-18-9-28(31,32)10-18/h6-8,15,18,20-21,24H,3-5,9-14H2,1-2H3,(H,35,38)/t20-,21+,24-/m0/s1. The Kier molecular flexibility index (Phi) is 7.63. The van der Waals surface area contributed by atoms with Crippen LogP contribution in [0.3, 0.4) is 0 Å². The Hall–Kier alpha value is -3.08. The maximum Gasteiger partial charge on any atom is 0.257 e. The molecule has 1 aliphatic carbocycles. The van der Waals surface area contributed by atoms with Crippen molar-refractivity contribution >= 4 is 11.8 Å². The fraction of sp³-hybridized carbons (Fsp3) is 0.571. The minimum Gasteiger partial charge on any atom is -0.349 e. The van der Waals surface area contributed by atoms with Crippen molar-refractivity contribution in [1.82, 2.24) is 25.1 Å². The summed E-state index contributed by atoms with van der Waals surface area (Å²) in [7, 11) is 0. The molecule has 3 atom stereocenters. The maximum absolute atomic E-state index is 14.0. The number of rotatable bonds is 8. The Morgan fingerprint density at radius 1 is 1.00 bits per heavy atom. The molecule has 39 heavy (non-hydrogen) atoms. The van der Waals surface area contributed by atoms with E-state index in [1.54, 1.807) is 0 Å². The zero-order valence-corrected chi connectivity index (χ0v) is 22.1. The van der Waals surface area contributed by atoms with Gasteiger partial charge in [0.05, 0.1) is 23.0 Å². The van der Waals surface area contributed by atoms with Crippen LogP contribution >= 0.6 is 0 Å². The van der Waals surface area contributed by atoms with Crippen LogP contribution in [-0.4, -0.2) is 70.2 Å². The van der Waals surface area contributed by atoms with Crippen molar-refractivity contribution in [3.05, 3.63) is 58.7 Å². The molecule has 2 aromatic rings. The Morgan fingerprint density at radius 2 is 1.59 bits per heavy atom. The van der Waals surface area contributed by atoms with E-state index in [1.807, 2.05) is 18.7 Å². The maximum atomic E-state index is 14.0. The number of hydrogen-bond acceptors (Lipinski definition) is 5. The normalized spacial score (nSPS) is 23.4. The van der Waals surface area contributed by atoms with Gasteiger partial charge in [0.25, 0.3) is 5.91 Å². The summed E-state index contributed by atoms with van der Waals surface area (Å²) in [4.78, 5) is 38.2. The van der Waals surface area contributed by atoms with E-state index in [9.17, 15) is 27.2 Å². The summed E-state index contributed by atoms with van der Waals surface area (Å²) in [5.74, 6) is -4.41. The van der Waals surface area contributed by atoms with Crippen LogP contribution < -0.4 is 5.32 Å². The van der Waals surface area contributed by atoms with Crippen molar-refractivity contribution in [3.63, 3.8) is 0 Å². The summed E-state index contributed by atoms with van der Waals surface area (Å²) in [6.07, 6.45) is 1.21. The van der Waals surface area contributed by atoms with Crippen molar-refractivity contribution in [2.45, 2.75) is 51.5 Å². The van der Waals surface area contributed by atoms with Gasteiger partial charge in [0.1, 0.15) is 18.0 Å². The van der Waals surface area contributed by atoms with E-state index >= 15 is 0 Å². The molecule has 0 bridgehead atoms. The second-order valence-electron chi connectivity index (χ2n) is 11.4. The average molecular weight is 548 g/mol. The summed E-state index contributed by atoms with van der Waals surface area (Å²) in [6, 6.07) is 2.53. The van der Waals surface area contributed by atoms with E-state index in [0.717, 1.165) is 19.2 Å². The van der Waals surface area contributed by atoms with Crippen LogP contribution in [0.25, 0.3) is 0 Å². The summed E-state index contributed by atoms with van der Waals surface area (Å²) in [5, 5.41) is 2.83. The summed E-state index contributed by atoms with van der Waals surface area (Å²) < 4.78 is 54.3. The van der Waals surface area contributed by atoms with Crippen molar-refractivity contribution < 1.29 is 27.2 Å². The second kappa shape index (κ2) is 10.8. The fourth-order valence-electron chi connectivity index (χ4n) is 6.35. The second-order valence-corrected chi connectivity index (χ2v) is 11.4. The lowest BCUT2D eigenvalue weighted by atomic mass is 9.79. The minimum atomic E-state index is -2.71.